The average molecular weight is 386 g/mol. The number of rotatable bonds is 5. The molecule has 0 saturated heterocycles. The highest BCUT2D eigenvalue weighted by atomic mass is 79.9. The normalized spacial score (nSPS) is 10.4. The van der Waals surface area contributed by atoms with Crippen molar-refractivity contribution in [2.45, 2.75) is 13.5 Å². The molecule has 0 saturated carbocycles. The second-order valence-corrected chi connectivity index (χ2v) is 6.19. The van der Waals surface area contributed by atoms with E-state index in [2.05, 4.69) is 31.5 Å². The number of aromatic nitrogens is 1. The first-order valence-electron chi connectivity index (χ1n) is 7.41. The number of furan rings is 1. The molecule has 2 aromatic heterocycles. The lowest BCUT2D eigenvalue weighted by Crippen LogP contribution is -2.14. The summed E-state index contributed by atoms with van der Waals surface area (Å²) in [4.78, 5) is 16.5. The number of nitrogens with one attached hydrogen (secondary N) is 2. The number of hydrogen-bond acceptors (Lipinski definition) is 4. The summed E-state index contributed by atoms with van der Waals surface area (Å²) in [6, 6.07) is 12.9. The topological polar surface area (TPSA) is 67.2 Å². The zero-order valence-electron chi connectivity index (χ0n) is 13.0. The van der Waals surface area contributed by atoms with Gasteiger partial charge in [0.2, 0.25) is 0 Å². The molecule has 6 heteroatoms. The molecular formula is C18H16BrN3O2. The first-order chi connectivity index (χ1) is 11.6. The number of carbonyl (C=O) groups excluding carboxylic acids is 1. The van der Waals surface area contributed by atoms with E-state index in [1.165, 1.54) is 0 Å². The van der Waals surface area contributed by atoms with Crippen LogP contribution >= 0.6 is 15.9 Å². The fourth-order valence-corrected chi connectivity index (χ4v) is 2.66. The molecule has 3 rings (SSSR count). The van der Waals surface area contributed by atoms with Crippen LogP contribution in [0.25, 0.3) is 0 Å². The number of benzene rings is 1. The third-order valence-corrected chi connectivity index (χ3v) is 3.97. The second kappa shape index (κ2) is 7.31. The lowest BCUT2D eigenvalue weighted by Gasteiger charge is -2.09. The molecule has 5 nitrogen and oxygen atoms in total. The van der Waals surface area contributed by atoms with Gasteiger partial charge in [0.05, 0.1) is 24.7 Å². The van der Waals surface area contributed by atoms with Crippen molar-refractivity contribution >= 4 is 33.2 Å². The van der Waals surface area contributed by atoms with Crippen LogP contribution in [0, 0.1) is 6.92 Å². The zero-order valence-corrected chi connectivity index (χ0v) is 14.6. The first-order valence-corrected chi connectivity index (χ1v) is 8.21. The van der Waals surface area contributed by atoms with Gasteiger partial charge < -0.3 is 15.1 Å². The van der Waals surface area contributed by atoms with Gasteiger partial charge in [0, 0.05) is 10.2 Å². The fraction of sp³-hybridized carbons (Fsp3) is 0.111. The molecule has 3 aromatic rings. The highest BCUT2D eigenvalue weighted by Crippen LogP contribution is 2.20. The predicted octanol–water partition coefficient (Wildman–Crippen LogP) is 4.61. The van der Waals surface area contributed by atoms with Crippen molar-refractivity contribution in [3.63, 3.8) is 0 Å². The van der Waals surface area contributed by atoms with Crippen molar-refractivity contribution in [1.29, 1.82) is 0 Å². The van der Waals surface area contributed by atoms with Crippen LogP contribution in [0.15, 0.2) is 63.8 Å². The Morgan fingerprint density at radius 3 is 2.79 bits per heavy atom. The van der Waals surface area contributed by atoms with Crippen molar-refractivity contribution in [1.82, 2.24) is 4.98 Å². The van der Waals surface area contributed by atoms with Crippen LogP contribution in [0.4, 0.5) is 11.4 Å². The molecule has 0 aliphatic heterocycles. The molecule has 122 valence electrons. The monoisotopic (exact) mass is 385 g/mol. The quantitative estimate of drug-likeness (QED) is 0.672. The predicted molar refractivity (Wildman–Crippen MR) is 97.1 cm³/mol. The van der Waals surface area contributed by atoms with Crippen LogP contribution in [0.5, 0.6) is 0 Å². The molecule has 24 heavy (non-hydrogen) atoms. The number of pyridine rings is 1. The van der Waals surface area contributed by atoms with Gasteiger partial charge >= 0.3 is 0 Å². The van der Waals surface area contributed by atoms with Gasteiger partial charge in [-0.3, -0.25) is 4.79 Å². The first kappa shape index (κ1) is 16.3. The van der Waals surface area contributed by atoms with Crippen molar-refractivity contribution in [3.05, 3.63) is 76.4 Å². The Labute approximate surface area is 148 Å². The lowest BCUT2D eigenvalue weighted by atomic mass is 10.2. The van der Waals surface area contributed by atoms with Crippen LogP contribution in [0.1, 0.15) is 21.8 Å². The minimum absolute atomic E-state index is 0.238. The number of carbonyl (C=O) groups is 1. The Morgan fingerprint density at radius 1 is 1.25 bits per heavy atom. The van der Waals surface area contributed by atoms with Crippen LogP contribution in [0.2, 0.25) is 0 Å². The number of halogens is 1. The standard InChI is InChI=1S/C18H16BrN3O2/c1-12-9-13(19)4-6-16(12)22-18(23)17-7-5-14(10-21-17)20-11-15-3-2-8-24-15/h2-10,20H,11H2,1H3,(H,22,23). The Morgan fingerprint density at radius 2 is 2.12 bits per heavy atom. The molecule has 0 bridgehead atoms. The largest absolute Gasteiger partial charge is 0.467 e. The Bertz CT molecular complexity index is 830. The summed E-state index contributed by atoms with van der Waals surface area (Å²) in [5.41, 5.74) is 2.93. The number of nitrogens with zero attached hydrogens (tertiary/aromatic N) is 1. The van der Waals surface area contributed by atoms with E-state index in [4.69, 9.17) is 4.42 Å². The molecule has 0 aliphatic carbocycles. The smallest absolute Gasteiger partial charge is 0.274 e. The molecule has 0 radical (unpaired) electrons. The second-order valence-electron chi connectivity index (χ2n) is 5.28. The van der Waals surface area contributed by atoms with Gasteiger partial charge in [0.25, 0.3) is 5.91 Å². The zero-order chi connectivity index (χ0) is 16.9. The summed E-state index contributed by atoms with van der Waals surface area (Å²) in [5, 5.41) is 6.05. The Kier molecular flexibility index (Phi) is 4.96. The van der Waals surface area contributed by atoms with E-state index in [0.29, 0.717) is 12.2 Å². The van der Waals surface area contributed by atoms with Crippen LogP contribution < -0.4 is 10.6 Å². The maximum atomic E-state index is 12.3. The van der Waals surface area contributed by atoms with Crippen LogP contribution in [-0.4, -0.2) is 10.9 Å². The van der Waals surface area contributed by atoms with Crippen molar-refractivity contribution in [3.8, 4) is 0 Å². The summed E-state index contributed by atoms with van der Waals surface area (Å²) < 4.78 is 6.23. The molecule has 2 heterocycles. The van der Waals surface area contributed by atoms with Gasteiger partial charge in [-0.1, -0.05) is 15.9 Å². The van der Waals surface area contributed by atoms with E-state index in [0.717, 1.165) is 27.2 Å². The van der Waals surface area contributed by atoms with Gasteiger partial charge in [-0.2, -0.15) is 0 Å². The van der Waals surface area contributed by atoms with E-state index in [1.54, 1.807) is 18.5 Å². The van der Waals surface area contributed by atoms with Gasteiger partial charge in [0.15, 0.2) is 0 Å². The molecular weight excluding hydrogens is 370 g/mol. The maximum Gasteiger partial charge on any atom is 0.274 e. The number of amides is 1. The highest BCUT2D eigenvalue weighted by Gasteiger charge is 2.09. The van der Waals surface area contributed by atoms with Crippen LogP contribution in [-0.2, 0) is 6.54 Å². The Hall–Kier alpha value is -2.60. The van der Waals surface area contributed by atoms with Gasteiger partial charge in [-0.05, 0) is 55.0 Å². The maximum absolute atomic E-state index is 12.3. The summed E-state index contributed by atoms with van der Waals surface area (Å²) in [7, 11) is 0. The molecule has 0 fully saturated rings. The van der Waals surface area contributed by atoms with Crippen molar-refractivity contribution < 1.29 is 9.21 Å². The highest BCUT2D eigenvalue weighted by molar-refractivity contribution is 9.10. The van der Waals surface area contributed by atoms with E-state index >= 15 is 0 Å². The van der Waals surface area contributed by atoms with Crippen molar-refractivity contribution in [2.75, 3.05) is 10.6 Å². The van der Waals surface area contributed by atoms with Gasteiger partial charge in [0.1, 0.15) is 11.5 Å². The molecule has 0 spiro atoms. The third kappa shape index (κ3) is 4.02. The Balaban J connectivity index is 1.63. The molecule has 0 atom stereocenters. The van der Waals surface area contributed by atoms with E-state index in [1.807, 2.05) is 43.3 Å². The molecule has 0 unspecified atom stereocenters. The summed E-state index contributed by atoms with van der Waals surface area (Å²) in [6.07, 6.45) is 3.26. The van der Waals surface area contributed by atoms with Crippen molar-refractivity contribution in [2.24, 2.45) is 0 Å². The number of anilines is 2. The molecule has 0 aliphatic rings. The average Bonchev–Trinajstić information content (AvgIpc) is 3.09. The van der Waals surface area contributed by atoms with Gasteiger partial charge in [-0.25, -0.2) is 4.98 Å². The summed E-state index contributed by atoms with van der Waals surface area (Å²) >= 11 is 3.41. The fourth-order valence-electron chi connectivity index (χ4n) is 2.19. The molecule has 1 amide bonds. The summed E-state index contributed by atoms with van der Waals surface area (Å²) in [6.45, 7) is 2.51. The SMILES string of the molecule is Cc1cc(Br)ccc1NC(=O)c1ccc(NCc2ccco2)cn1. The van der Waals surface area contributed by atoms with Gasteiger partial charge in [-0.15, -0.1) is 0 Å². The van der Waals surface area contributed by atoms with E-state index in [-0.39, 0.29) is 5.91 Å². The minimum atomic E-state index is -0.238. The molecule has 1 aromatic carbocycles. The third-order valence-electron chi connectivity index (χ3n) is 3.48. The van der Waals surface area contributed by atoms with E-state index in [9.17, 15) is 4.79 Å². The lowest BCUT2D eigenvalue weighted by molar-refractivity contribution is 0.102. The number of aryl methyl sites for hydroxylation is 1. The van der Waals surface area contributed by atoms with Crippen LogP contribution in [0.3, 0.4) is 0 Å². The number of hydrogen-bond donors (Lipinski definition) is 2. The minimum Gasteiger partial charge on any atom is -0.467 e. The van der Waals surface area contributed by atoms with E-state index < -0.39 is 0 Å². The summed E-state index contributed by atoms with van der Waals surface area (Å²) in [5.74, 6) is 0.598. The molecule has 2 N–H and O–H groups in total.